The molecule has 0 unspecified atom stereocenters. The molecule has 2 aromatic carbocycles. The van der Waals surface area contributed by atoms with Gasteiger partial charge in [-0.25, -0.2) is 0 Å². The van der Waals surface area contributed by atoms with Gasteiger partial charge in [0, 0.05) is 11.4 Å². The fourth-order valence-corrected chi connectivity index (χ4v) is 2.39. The van der Waals surface area contributed by atoms with Crippen molar-refractivity contribution in [3.05, 3.63) is 59.2 Å². The summed E-state index contributed by atoms with van der Waals surface area (Å²) in [5.41, 5.74) is 3.24. The third kappa shape index (κ3) is 3.82. The normalized spacial score (nSPS) is 11.0. The molecule has 4 heteroatoms. The van der Waals surface area contributed by atoms with Crippen molar-refractivity contribution in [2.24, 2.45) is 5.41 Å². The van der Waals surface area contributed by atoms with E-state index in [0.717, 1.165) is 22.4 Å². The maximum Gasteiger partial charge on any atom is 0.239 e. The van der Waals surface area contributed by atoms with Gasteiger partial charge in [-0.3, -0.25) is 9.59 Å². The minimum Gasteiger partial charge on any atom is -0.325 e. The van der Waals surface area contributed by atoms with E-state index in [-0.39, 0.29) is 11.8 Å². The summed E-state index contributed by atoms with van der Waals surface area (Å²) in [6, 6.07) is 13.3. The van der Waals surface area contributed by atoms with Gasteiger partial charge in [-0.2, -0.15) is 0 Å². The highest BCUT2D eigenvalue weighted by Gasteiger charge is 2.36. The molecule has 0 heterocycles. The quantitative estimate of drug-likeness (QED) is 0.828. The van der Waals surface area contributed by atoms with Crippen molar-refractivity contribution in [3.63, 3.8) is 0 Å². The van der Waals surface area contributed by atoms with Crippen LogP contribution in [0.25, 0.3) is 0 Å². The Labute approximate surface area is 143 Å². The highest BCUT2D eigenvalue weighted by molar-refractivity contribution is 6.14. The van der Waals surface area contributed by atoms with Crippen molar-refractivity contribution in [1.82, 2.24) is 0 Å². The zero-order valence-corrected chi connectivity index (χ0v) is 14.9. The average Bonchev–Trinajstić information content (AvgIpc) is 2.50. The minimum absolute atomic E-state index is 0.329. The Morgan fingerprint density at radius 1 is 0.833 bits per heavy atom. The third-order valence-corrected chi connectivity index (χ3v) is 4.13. The van der Waals surface area contributed by atoms with E-state index in [4.69, 9.17) is 0 Å². The molecule has 4 nitrogen and oxygen atoms in total. The lowest BCUT2D eigenvalue weighted by atomic mass is 9.90. The second-order valence-electron chi connectivity index (χ2n) is 6.67. The van der Waals surface area contributed by atoms with E-state index < -0.39 is 5.41 Å². The first-order chi connectivity index (χ1) is 11.2. The summed E-state index contributed by atoms with van der Waals surface area (Å²) in [4.78, 5) is 25.2. The van der Waals surface area contributed by atoms with Crippen LogP contribution < -0.4 is 10.6 Å². The molecule has 0 fully saturated rings. The van der Waals surface area contributed by atoms with Gasteiger partial charge in [-0.05, 0) is 63.4 Å². The summed E-state index contributed by atoms with van der Waals surface area (Å²) >= 11 is 0. The van der Waals surface area contributed by atoms with Gasteiger partial charge in [0.2, 0.25) is 11.8 Å². The van der Waals surface area contributed by atoms with Crippen LogP contribution in [0, 0.1) is 26.2 Å². The molecule has 0 radical (unpaired) electrons. The van der Waals surface area contributed by atoms with Gasteiger partial charge >= 0.3 is 0 Å². The molecule has 24 heavy (non-hydrogen) atoms. The van der Waals surface area contributed by atoms with Crippen LogP contribution in [-0.2, 0) is 9.59 Å². The monoisotopic (exact) mass is 324 g/mol. The van der Waals surface area contributed by atoms with Gasteiger partial charge in [0.05, 0.1) is 0 Å². The van der Waals surface area contributed by atoms with E-state index in [2.05, 4.69) is 10.6 Å². The van der Waals surface area contributed by atoms with Gasteiger partial charge in [0.25, 0.3) is 0 Å². The Bertz CT molecular complexity index is 759. The molecule has 0 saturated heterocycles. The first kappa shape index (κ1) is 17.7. The zero-order valence-electron chi connectivity index (χ0n) is 14.9. The lowest BCUT2D eigenvalue weighted by Gasteiger charge is -2.24. The highest BCUT2D eigenvalue weighted by atomic mass is 16.2. The Balaban J connectivity index is 2.16. The van der Waals surface area contributed by atoms with Crippen molar-refractivity contribution in [1.29, 1.82) is 0 Å². The number of para-hydroxylation sites is 1. The largest absolute Gasteiger partial charge is 0.325 e. The van der Waals surface area contributed by atoms with Crippen molar-refractivity contribution in [2.75, 3.05) is 10.6 Å². The predicted molar refractivity (Wildman–Crippen MR) is 98.1 cm³/mol. The number of aryl methyl sites for hydroxylation is 3. The SMILES string of the molecule is Cc1cccc(NC(=O)C(C)(C)C(=O)Nc2c(C)cccc2C)c1. The standard InChI is InChI=1S/C20H24N2O2/c1-13-8-6-11-16(12-13)21-18(23)20(4,5)19(24)22-17-14(2)9-7-10-15(17)3/h6-12H,1-5H3,(H,21,23)(H,22,24). The Kier molecular flexibility index (Phi) is 5.07. The molecule has 0 aliphatic heterocycles. The molecule has 0 aromatic heterocycles. The van der Waals surface area contributed by atoms with Crippen LogP contribution in [0.3, 0.4) is 0 Å². The van der Waals surface area contributed by atoms with Gasteiger partial charge in [0.15, 0.2) is 0 Å². The number of nitrogens with one attached hydrogen (secondary N) is 2. The summed E-state index contributed by atoms with van der Waals surface area (Å²) in [6.45, 7) is 9.07. The van der Waals surface area contributed by atoms with E-state index in [1.54, 1.807) is 13.8 Å². The molecule has 0 saturated carbocycles. The van der Waals surface area contributed by atoms with E-state index in [0.29, 0.717) is 5.69 Å². The first-order valence-electron chi connectivity index (χ1n) is 7.97. The van der Waals surface area contributed by atoms with Gasteiger partial charge in [0.1, 0.15) is 5.41 Å². The predicted octanol–water partition coefficient (Wildman–Crippen LogP) is 4.22. The third-order valence-electron chi connectivity index (χ3n) is 4.13. The summed E-state index contributed by atoms with van der Waals surface area (Å²) < 4.78 is 0. The number of carbonyl (C=O) groups is 2. The number of amides is 2. The van der Waals surface area contributed by atoms with Crippen LogP contribution in [0.2, 0.25) is 0 Å². The number of hydrogen-bond donors (Lipinski definition) is 2. The number of rotatable bonds is 4. The lowest BCUT2D eigenvalue weighted by Crippen LogP contribution is -2.41. The molecule has 0 spiro atoms. The Hall–Kier alpha value is -2.62. The molecule has 126 valence electrons. The van der Waals surface area contributed by atoms with Crippen LogP contribution in [0.4, 0.5) is 11.4 Å². The Morgan fingerprint density at radius 3 is 1.96 bits per heavy atom. The van der Waals surface area contributed by atoms with Crippen molar-refractivity contribution in [3.8, 4) is 0 Å². The molecule has 2 aromatic rings. The number of anilines is 2. The molecular formula is C20H24N2O2. The number of carbonyl (C=O) groups excluding carboxylic acids is 2. The maximum atomic E-state index is 12.7. The van der Waals surface area contributed by atoms with Crippen molar-refractivity contribution in [2.45, 2.75) is 34.6 Å². The van der Waals surface area contributed by atoms with Crippen LogP contribution >= 0.6 is 0 Å². The van der Waals surface area contributed by atoms with Crippen LogP contribution in [-0.4, -0.2) is 11.8 Å². The first-order valence-corrected chi connectivity index (χ1v) is 7.97. The summed E-state index contributed by atoms with van der Waals surface area (Å²) in [5, 5.41) is 5.72. The van der Waals surface area contributed by atoms with E-state index >= 15 is 0 Å². The second-order valence-corrected chi connectivity index (χ2v) is 6.67. The zero-order chi connectivity index (χ0) is 17.9. The van der Waals surface area contributed by atoms with Gasteiger partial charge in [-0.1, -0.05) is 30.3 Å². The van der Waals surface area contributed by atoms with E-state index in [9.17, 15) is 9.59 Å². The van der Waals surface area contributed by atoms with Crippen molar-refractivity contribution < 1.29 is 9.59 Å². The molecule has 0 bridgehead atoms. The number of hydrogen-bond acceptors (Lipinski definition) is 2. The molecule has 0 atom stereocenters. The van der Waals surface area contributed by atoms with Crippen LogP contribution in [0.5, 0.6) is 0 Å². The molecule has 0 aliphatic rings. The molecule has 2 amide bonds. The average molecular weight is 324 g/mol. The maximum absolute atomic E-state index is 12.7. The van der Waals surface area contributed by atoms with Crippen molar-refractivity contribution >= 4 is 23.2 Å². The fraction of sp³-hybridized carbons (Fsp3) is 0.300. The fourth-order valence-electron chi connectivity index (χ4n) is 2.39. The molecule has 0 aliphatic carbocycles. The van der Waals surface area contributed by atoms with Crippen LogP contribution in [0.15, 0.2) is 42.5 Å². The smallest absolute Gasteiger partial charge is 0.239 e. The molecule has 2 N–H and O–H groups in total. The summed E-state index contributed by atoms with van der Waals surface area (Å²) in [5.74, 6) is -0.665. The van der Waals surface area contributed by atoms with Gasteiger partial charge < -0.3 is 10.6 Å². The molecular weight excluding hydrogens is 300 g/mol. The topological polar surface area (TPSA) is 58.2 Å². The number of benzene rings is 2. The second kappa shape index (κ2) is 6.87. The molecule has 2 rings (SSSR count). The lowest BCUT2D eigenvalue weighted by molar-refractivity contribution is -0.135. The van der Waals surface area contributed by atoms with E-state index in [1.165, 1.54) is 0 Å². The Morgan fingerprint density at radius 2 is 1.38 bits per heavy atom. The van der Waals surface area contributed by atoms with E-state index in [1.807, 2.05) is 63.2 Å². The highest BCUT2D eigenvalue weighted by Crippen LogP contribution is 2.25. The summed E-state index contributed by atoms with van der Waals surface area (Å²) in [7, 11) is 0. The van der Waals surface area contributed by atoms with Gasteiger partial charge in [-0.15, -0.1) is 0 Å². The van der Waals surface area contributed by atoms with Crippen LogP contribution in [0.1, 0.15) is 30.5 Å². The summed E-state index contributed by atoms with van der Waals surface area (Å²) in [6.07, 6.45) is 0. The minimum atomic E-state index is -1.20.